The van der Waals surface area contributed by atoms with Crippen LogP contribution >= 0.6 is 0 Å². The van der Waals surface area contributed by atoms with Gasteiger partial charge in [0.2, 0.25) is 0 Å². The molecular weight excluding hydrogens is 244 g/mol. The molecule has 0 aliphatic heterocycles. The summed E-state index contributed by atoms with van der Waals surface area (Å²) >= 11 is 0. The molecule has 0 aromatic rings. The van der Waals surface area contributed by atoms with Crippen LogP contribution < -0.4 is 5.32 Å². The van der Waals surface area contributed by atoms with E-state index in [1.54, 1.807) is 0 Å². The third kappa shape index (κ3) is 4.46. The van der Waals surface area contributed by atoms with E-state index in [2.05, 4.69) is 37.9 Å². The summed E-state index contributed by atoms with van der Waals surface area (Å²) in [7, 11) is 0. The van der Waals surface area contributed by atoms with E-state index < -0.39 is 0 Å². The van der Waals surface area contributed by atoms with Gasteiger partial charge in [-0.25, -0.2) is 0 Å². The highest BCUT2D eigenvalue weighted by Gasteiger charge is 2.37. The van der Waals surface area contributed by atoms with Crippen molar-refractivity contribution in [2.24, 2.45) is 11.8 Å². The summed E-state index contributed by atoms with van der Waals surface area (Å²) in [5.41, 5.74) is 0. The fraction of sp³-hybridized carbons (Fsp3) is 1.00. The molecule has 3 atom stereocenters. The summed E-state index contributed by atoms with van der Waals surface area (Å²) in [5, 5.41) is 3.85. The smallest absolute Gasteiger partial charge is 0.0254 e. The van der Waals surface area contributed by atoms with E-state index in [0.29, 0.717) is 6.04 Å². The Morgan fingerprint density at radius 2 is 1.75 bits per heavy atom. The van der Waals surface area contributed by atoms with Crippen molar-refractivity contribution in [3.8, 4) is 0 Å². The van der Waals surface area contributed by atoms with Crippen LogP contribution in [0.4, 0.5) is 0 Å². The molecule has 2 saturated carbocycles. The minimum atomic E-state index is 0.696. The molecule has 20 heavy (non-hydrogen) atoms. The first-order chi connectivity index (χ1) is 9.65. The quantitative estimate of drug-likeness (QED) is 0.721. The van der Waals surface area contributed by atoms with Crippen LogP contribution in [0.25, 0.3) is 0 Å². The molecule has 2 rings (SSSR count). The van der Waals surface area contributed by atoms with Crippen LogP contribution in [-0.2, 0) is 0 Å². The van der Waals surface area contributed by atoms with Crippen molar-refractivity contribution < 1.29 is 0 Å². The Morgan fingerprint density at radius 3 is 2.30 bits per heavy atom. The first-order valence-electron chi connectivity index (χ1n) is 9.14. The lowest BCUT2D eigenvalue weighted by Gasteiger charge is -2.45. The van der Waals surface area contributed by atoms with Crippen LogP contribution in [0.1, 0.15) is 72.6 Å². The third-order valence-corrected chi connectivity index (χ3v) is 5.41. The van der Waals surface area contributed by atoms with Crippen LogP contribution in [0.3, 0.4) is 0 Å². The Labute approximate surface area is 126 Å². The number of nitrogens with one attached hydrogen (secondary N) is 1. The highest BCUT2D eigenvalue weighted by molar-refractivity contribution is 4.94. The maximum absolute atomic E-state index is 3.85. The molecule has 0 aromatic heterocycles. The molecule has 2 aliphatic rings. The Kier molecular flexibility index (Phi) is 6.35. The fourth-order valence-corrected chi connectivity index (χ4v) is 3.86. The van der Waals surface area contributed by atoms with E-state index in [0.717, 1.165) is 23.9 Å². The highest BCUT2D eigenvalue weighted by atomic mass is 15.2. The number of rotatable bonds is 8. The second-order valence-corrected chi connectivity index (χ2v) is 7.45. The molecular formula is C18H36N2. The molecule has 0 saturated heterocycles. The first kappa shape index (κ1) is 16.3. The minimum Gasteiger partial charge on any atom is -0.312 e. The van der Waals surface area contributed by atoms with E-state index >= 15 is 0 Å². The van der Waals surface area contributed by atoms with Crippen LogP contribution in [0.5, 0.6) is 0 Å². The largest absolute Gasteiger partial charge is 0.312 e. The zero-order valence-corrected chi connectivity index (χ0v) is 14.2. The van der Waals surface area contributed by atoms with Gasteiger partial charge >= 0.3 is 0 Å². The van der Waals surface area contributed by atoms with Gasteiger partial charge in [-0.3, -0.25) is 4.90 Å². The number of hydrogen-bond acceptors (Lipinski definition) is 2. The number of hydrogen-bond donors (Lipinski definition) is 1. The van der Waals surface area contributed by atoms with Gasteiger partial charge in [0.15, 0.2) is 0 Å². The van der Waals surface area contributed by atoms with Crippen LogP contribution in [-0.4, -0.2) is 36.1 Å². The van der Waals surface area contributed by atoms with Crippen molar-refractivity contribution >= 4 is 0 Å². The van der Waals surface area contributed by atoms with Gasteiger partial charge in [-0.05, 0) is 70.8 Å². The van der Waals surface area contributed by atoms with Crippen LogP contribution in [0.15, 0.2) is 0 Å². The summed E-state index contributed by atoms with van der Waals surface area (Å²) in [6.07, 6.45) is 9.81. The van der Waals surface area contributed by atoms with Gasteiger partial charge in [0.05, 0.1) is 0 Å². The molecule has 2 heteroatoms. The van der Waals surface area contributed by atoms with E-state index in [9.17, 15) is 0 Å². The van der Waals surface area contributed by atoms with Gasteiger partial charge in [0, 0.05) is 24.7 Å². The van der Waals surface area contributed by atoms with E-state index in [-0.39, 0.29) is 0 Å². The molecule has 1 N–H and O–H groups in total. The summed E-state index contributed by atoms with van der Waals surface area (Å²) in [6.45, 7) is 12.0. The lowest BCUT2D eigenvalue weighted by Crippen LogP contribution is -2.55. The second-order valence-electron chi connectivity index (χ2n) is 7.45. The maximum Gasteiger partial charge on any atom is 0.0254 e. The van der Waals surface area contributed by atoms with Crippen molar-refractivity contribution in [1.82, 2.24) is 10.2 Å². The SMILES string of the molecule is CCCNC1CCC(CC)CC1N(CC1CC1)C(C)C. The van der Waals surface area contributed by atoms with Crippen molar-refractivity contribution in [3.05, 3.63) is 0 Å². The molecule has 2 aliphatic carbocycles. The van der Waals surface area contributed by atoms with Gasteiger partial charge in [0.1, 0.15) is 0 Å². The molecule has 3 unspecified atom stereocenters. The number of nitrogens with zero attached hydrogens (tertiary/aromatic N) is 1. The van der Waals surface area contributed by atoms with Crippen molar-refractivity contribution in [2.45, 2.75) is 90.8 Å². The average Bonchev–Trinajstić information content (AvgIpc) is 3.26. The lowest BCUT2D eigenvalue weighted by molar-refractivity contribution is 0.0661. The van der Waals surface area contributed by atoms with Gasteiger partial charge in [-0.1, -0.05) is 20.3 Å². The standard InChI is InChI=1S/C18H36N2/c1-5-11-19-17-10-9-15(6-2)12-18(17)20(14(3)4)13-16-7-8-16/h14-19H,5-13H2,1-4H3. The molecule has 0 heterocycles. The minimum absolute atomic E-state index is 0.696. The Balaban J connectivity index is 2.01. The Morgan fingerprint density at radius 1 is 1.05 bits per heavy atom. The van der Waals surface area contributed by atoms with Gasteiger partial charge in [-0.15, -0.1) is 0 Å². The summed E-state index contributed by atoms with van der Waals surface area (Å²) in [6, 6.07) is 2.21. The van der Waals surface area contributed by atoms with Crippen LogP contribution in [0.2, 0.25) is 0 Å². The summed E-state index contributed by atoms with van der Waals surface area (Å²) in [4.78, 5) is 2.84. The molecule has 0 radical (unpaired) electrons. The fourth-order valence-electron chi connectivity index (χ4n) is 3.86. The molecule has 118 valence electrons. The van der Waals surface area contributed by atoms with Gasteiger partial charge in [-0.2, -0.15) is 0 Å². The second kappa shape index (κ2) is 7.79. The Bertz CT molecular complexity index is 273. The summed E-state index contributed by atoms with van der Waals surface area (Å²) < 4.78 is 0. The zero-order chi connectivity index (χ0) is 14.5. The molecule has 0 aromatic carbocycles. The zero-order valence-electron chi connectivity index (χ0n) is 14.2. The average molecular weight is 280 g/mol. The predicted octanol–water partition coefficient (Wildman–Crippen LogP) is 4.05. The third-order valence-electron chi connectivity index (χ3n) is 5.41. The molecule has 2 nitrogen and oxygen atoms in total. The highest BCUT2D eigenvalue weighted by Crippen LogP contribution is 2.35. The lowest BCUT2D eigenvalue weighted by atomic mass is 9.79. The Hall–Kier alpha value is -0.0800. The summed E-state index contributed by atoms with van der Waals surface area (Å²) in [5.74, 6) is 1.96. The molecule has 0 amide bonds. The van der Waals surface area contributed by atoms with Crippen molar-refractivity contribution in [1.29, 1.82) is 0 Å². The predicted molar refractivity (Wildman–Crippen MR) is 88.1 cm³/mol. The van der Waals surface area contributed by atoms with Gasteiger partial charge < -0.3 is 5.32 Å². The topological polar surface area (TPSA) is 15.3 Å². The first-order valence-corrected chi connectivity index (χ1v) is 9.14. The molecule has 0 spiro atoms. The van der Waals surface area contributed by atoms with Gasteiger partial charge in [0.25, 0.3) is 0 Å². The van der Waals surface area contributed by atoms with Crippen molar-refractivity contribution in [3.63, 3.8) is 0 Å². The maximum atomic E-state index is 3.85. The molecule has 2 fully saturated rings. The van der Waals surface area contributed by atoms with E-state index in [4.69, 9.17) is 0 Å². The van der Waals surface area contributed by atoms with Crippen molar-refractivity contribution in [2.75, 3.05) is 13.1 Å². The molecule has 0 bridgehead atoms. The van der Waals surface area contributed by atoms with E-state index in [1.807, 2.05) is 0 Å². The van der Waals surface area contributed by atoms with Crippen LogP contribution in [0, 0.1) is 11.8 Å². The normalized spacial score (nSPS) is 31.2. The monoisotopic (exact) mass is 280 g/mol. The van der Waals surface area contributed by atoms with E-state index in [1.165, 1.54) is 58.0 Å².